The van der Waals surface area contributed by atoms with E-state index in [1.807, 2.05) is 50.2 Å². The van der Waals surface area contributed by atoms with Gasteiger partial charge in [0.05, 0.1) is 7.11 Å². The van der Waals surface area contributed by atoms with Crippen LogP contribution >= 0.6 is 0 Å². The second-order valence-corrected chi connectivity index (χ2v) is 5.71. The maximum absolute atomic E-state index is 11.2. The van der Waals surface area contributed by atoms with Gasteiger partial charge in [-0.05, 0) is 40.5 Å². The summed E-state index contributed by atoms with van der Waals surface area (Å²) in [6.45, 7) is 3.90. The number of hydrogen-bond acceptors (Lipinski definition) is 4. The van der Waals surface area contributed by atoms with Gasteiger partial charge in [0.1, 0.15) is 11.4 Å². The molecule has 0 heterocycles. The van der Waals surface area contributed by atoms with Crippen molar-refractivity contribution < 1.29 is 19.3 Å². The molecule has 1 unspecified atom stereocenters. The lowest BCUT2D eigenvalue weighted by atomic mass is 9.82. The Morgan fingerprint density at radius 1 is 0.909 bits per heavy atom. The highest BCUT2D eigenvalue weighted by atomic mass is 16.7. The highest BCUT2D eigenvalue weighted by Crippen LogP contribution is 2.36. The molecule has 1 atom stereocenters. The van der Waals surface area contributed by atoms with Gasteiger partial charge in [-0.3, -0.25) is 0 Å². The largest absolute Gasteiger partial charge is 0.497 e. The van der Waals surface area contributed by atoms with Gasteiger partial charge in [0.15, 0.2) is 6.29 Å². The van der Waals surface area contributed by atoms with Crippen LogP contribution in [0.15, 0.2) is 36.4 Å². The first-order valence-electron chi connectivity index (χ1n) is 7.33. The molecule has 0 saturated carbocycles. The molecule has 0 spiro atoms. The first kappa shape index (κ1) is 16.7. The maximum atomic E-state index is 11.2. The summed E-state index contributed by atoms with van der Waals surface area (Å²) in [7, 11) is 4.72. The fraction of sp³-hybridized carbons (Fsp3) is 0.444. The first-order chi connectivity index (χ1) is 10.5. The van der Waals surface area contributed by atoms with Gasteiger partial charge in [-0.25, -0.2) is 0 Å². The van der Waals surface area contributed by atoms with Crippen LogP contribution in [0.3, 0.4) is 0 Å². The predicted molar refractivity (Wildman–Crippen MR) is 87.0 cm³/mol. The highest BCUT2D eigenvalue weighted by Gasteiger charge is 2.42. The molecule has 120 valence electrons. The van der Waals surface area contributed by atoms with Crippen LogP contribution in [0.1, 0.15) is 19.4 Å². The molecule has 0 fully saturated rings. The molecule has 0 bridgehead atoms. The van der Waals surface area contributed by atoms with Crippen LogP contribution in [-0.4, -0.2) is 32.7 Å². The zero-order chi connectivity index (χ0) is 16.3. The second-order valence-electron chi connectivity index (χ2n) is 5.71. The molecule has 2 aromatic rings. The lowest BCUT2D eigenvalue weighted by molar-refractivity contribution is -0.237. The lowest BCUT2D eigenvalue weighted by Gasteiger charge is -2.38. The normalized spacial score (nSPS) is 14.5. The highest BCUT2D eigenvalue weighted by molar-refractivity contribution is 5.84. The number of methoxy groups -OCH3 is 3. The molecule has 1 N–H and O–H groups in total. The molecule has 0 aromatic heterocycles. The number of benzene rings is 2. The maximum Gasteiger partial charge on any atom is 0.190 e. The van der Waals surface area contributed by atoms with Crippen molar-refractivity contribution in [2.24, 2.45) is 5.92 Å². The van der Waals surface area contributed by atoms with Crippen molar-refractivity contribution in [3.8, 4) is 5.75 Å². The Balaban J connectivity index is 2.55. The molecule has 2 rings (SSSR count). The van der Waals surface area contributed by atoms with Crippen molar-refractivity contribution in [1.29, 1.82) is 0 Å². The number of ether oxygens (including phenoxy) is 3. The van der Waals surface area contributed by atoms with Gasteiger partial charge in [0.2, 0.25) is 0 Å². The van der Waals surface area contributed by atoms with Gasteiger partial charge in [-0.1, -0.05) is 32.0 Å². The minimum Gasteiger partial charge on any atom is -0.497 e. The Bertz CT molecular complexity index is 634. The SMILES string of the molecule is COc1ccc2cc(C(O)(C(C)C)C(OC)OC)ccc2c1. The van der Waals surface area contributed by atoms with E-state index < -0.39 is 11.9 Å². The monoisotopic (exact) mass is 304 g/mol. The van der Waals surface area contributed by atoms with Crippen molar-refractivity contribution in [3.05, 3.63) is 42.0 Å². The predicted octanol–water partition coefficient (Wildman–Crippen LogP) is 3.31. The van der Waals surface area contributed by atoms with E-state index in [-0.39, 0.29) is 5.92 Å². The number of aliphatic hydroxyl groups is 1. The van der Waals surface area contributed by atoms with Crippen LogP contribution in [0.25, 0.3) is 10.8 Å². The summed E-state index contributed by atoms with van der Waals surface area (Å²) < 4.78 is 15.9. The fourth-order valence-corrected chi connectivity index (χ4v) is 2.80. The van der Waals surface area contributed by atoms with E-state index >= 15 is 0 Å². The van der Waals surface area contributed by atoms with Gasteiger partial charge in [0, 0.05) is 14.2 Å². The van der Waals surface area contributed by atoms with E-state index in [1.54, 1.807) is 7.11 Å². The third kappa shape index (κ3) is 2.82. The third-order valence-electron chi connectivity index (χ3n) is 4.18. The third-order valence-corrected chi connectivity index (χ3v) is 4.18. The molecular formula is C18H24O4. The van der Waals surface area contributed by atoms with Crippen LogP contribution in [-0.2, 0) is 15.1 Å². The van der Waals surface area contributed by atoms with E-state index in [0.29, 0.717) is 0 Å². The Hall–Kier alpha value is -1.62. The molecule has 0 amide bonds. The van der Waals surface area contributed by atoms with Crippen molar-refractivity contribution >= 4 is 10.8 Å². The Labute approximate surface area is 131 Å². The molecule has 22 heavy (non-hydrogen) atoms. The molecule has 4 nitrogen and oxygen atoms in total. The number of fused-ring (bicyclic) bond motifs is 1. The fourth-order valence-electron chi connectivity index (χ4n) is 2.80. The van der Waals surface area contributed by atoms with Crippen LogP contribution < -0.4 is 4.74 Å². The zero-order valence-corrected chi connectivity index (χ0v) is 13.8. The van der Waals surface area contributed by atoms with E-state index in [4.69, 9.17) is 14.2 Å². The van der Waals surface area contributed by atoms with Crippen LogP contribution in [0.5, 0.6) is 5.75 Å². The van der Waals surface area contributed by atoms with Gasteiger partial charge < -0.3 is 19.3 Å². The number of rotatable bonds is 6. The van der Waals surface area contributed by atoms with Crippen LogP contribution in [0.4, 0.5) is 0 Å². The van der Waals surface area contributed by atoms with Crippen molar-refractivity contribution in [2.45, 2.75) is 25.7 Å². The standard InChI is InChI=1S/C18H24O4/c1-12(2)18(19,17(21-4)22-5)15-8-6-14-11-16(20-3)9-7-13(14)10-15/h6-12,17,19H,1-5H3. The van der Waals surface area contributed by atoms with E-state index in [0.717, 1.165) is 22.1 Å². The summed E-state index contributed by atoms with van der Waals surface area (Å²) in [5, 5.41) is 13.3. The Kier molecular flexibility index (Phi) is 5.06. The zero-order valence-electron chi connectivity index (χ0n) is 13.8. The topological polar surface area (TPSA) is 47.9 Å². The summed E-state index contributed by atoms with van der Waals surface area (Å²) >= 11 is 0. The average molecular weight is 304 g/mol. The van der Waals surface area contributed by atoms with Gasteiger partial charge in [0.25, 0.3) is 0 Å². The summed E-state index contributed by atoms with van der Waals surface area (Å²) in [6, 6.07) is 11.7. The van der Waals surface area contributed by atoms with E-state index in [2.05, 4.69) is 0 Å². The van der Waals surface area contributed by atoms with Crippen LogP contribution in [0, 0.1) is 5.92 Å². The van der Waals surface area contributed by atoms with Crippen molar-refractivity contribution in [2.75, 3.05) is 21.3 Å². The van der Waals surface area contributed by atoms with Crippen molar-refractivity contribution in [3.63, 3.8) is 0 Å². The minimum atomic E-state index is -1.22. The molecule has 0 saturated heterocycles. The van der Waals surface area contributed by atoms with E-state index in [1.165, 1.54) is 14.2 Å². The molecule has 2 aromatic carbocycles. The van der Waals surface area contributed by atoms with E-state index in [9.17, 15) is 5.11 Å². The molecule has 0 aliphatic carbocycles. The molecular weight excluding hydrogens is 280 g/mol. The average Bonchev–Trinajstić information content (AvgIpc) is 2.54. The van der Waals surface area contributed by atoms with Crippen LogP contribution in [0.2, 0.25) is 0 Å². The summed E-state index contributed by atoms with van der Waals surface area (Å²) in [4.78, 5) is 0. The molecule has 0 aliphatic heterocycles. The van der Waals surface area contributed by atoms with Gasteiger partial charge in [-0.2, -0.15) is 0 Å². The second kappa shape index (κ2) is 6.65. The minimum absolute atomic E-state index is 0.0758. The van der Waals surface area contributed by atoms with Gasteiger partial charge in [-0.15, -0.1) is 0 Å². The van der Waals surface area contributed by atoms with Gasteiger partial charge >= 0.3 is 0 Å². The summed E-state index contributed by atoms with van der Waals surface area (Å²) in [5.74, 6) is 0.735. The smallest absolute Gasteiger partial charge is 0.190 e. The lowest BCUT2D eigenvalue weighted by Crippen LogP contribution is -2.46. The molecule has 4 heteroatoms. The Morgan fingerprint density at radius 3 is 2.05 bits per heavy atom. The molecule has 0 radical (unpaired) electrons. The number of hydrogen-bond donors (Lipinski definition) is 1. The first-order valence-corrected chi connectivity index (χ1v) is 7.33. The molecule has 0 aliphatic rings. The quantitative estimate of drug-likeness (QED) is 0.832. The Morgan fingerprint density at radius 2 is 1.50 bits per heavy atom. The van der Waals surface area contributed by atoms with Crippen molar-refractivity contribution in [1.82, 2.24) is 0 Å². The summed E-state index contributed by atoms with van der Waals surface area (Å²) in [5.41, 5.74) is -0.452. The summed E-state index contributed by atoms with van der Waals surface area (Å²) in [6.07, 6.45) is -0.733.